The lowest BCUT2D eigenvalue weighted by Gasteiger charge is -2.13. The number of pyridine rings is 1. The molecule has 0 fully saturated rings. The molecule has 2 heterocycles. The van der Waals surface area contributed by atoms with Gasteiger partial charge in [-0.25, -0.2) is 12.8 Å². The van der Waals surface area contributed by atoms with Crippen molar-refractivity contribution in [2.45, 2.75) is 24.8 Å². The second-order valence-electron chi connectivity index (χ2n) is 7.28. The van der Waals surface area contributed by atoms with Gasteiger partial charge in [0.25, 0.3) is 15.9 Å². The molecule has 0 saturated carbocycles. The number of hydrogen-bond acceptors (Lipinski definition) is 5. The molecular formula is C22H20FN5O3S. The molecule has 32 heavy (non-hydrogen) atoms. The Balaban J connectivity index is 1.46. The van der Waals surface area contributed by atoms with Crippen LogP contribution in [-0.2, 0) is 10.0 Å². The van der Waals surface area contributed by atoms with E-state index in [1.54, 1.807) is 11.3 Å². The summed E-state index contributed by atoms with van der Waals surface area (Å²) in [7, 11) is -3.89. The predicted molar refractivity (Wildman–Crippen MR) is 117 cm³/mol. The molecule has 4 rings (SSSR count). The molecule has 8 nitrogen and oxygen atoms in total. The Labute approximate surface area is 184 Å². The van der Waals surface area contributed by atoms with E-state index in [0.29, 0.717) is 17.0 Å². The Bertz CT molecular complexity index is 1400. The molecule has 2 N–H and O–H groups in total. The first-order valence-electron chi connectivity index (χ1n) is 9.74. The highest BCUT2D eigenvalue weighted by Crippen LogP contribution is 2.19. The number of rotatable bonds is 6. The molecule has 2 aromatic heterocycles. The van der Waals surface area contributed by atoms with Crippen LogP contribution in [0.3, 0.4) is 0 Å². The molecule has 0 aliphatic carbocycles. The molecule has 1 amide bonds. The molecule has 0 saturated heterocycles. The Morgan fingerprint density at radius 1 is 1.06 bits per heavy atom. The summed E-state index contributed by atoms with van der Waals surface area (Å²) >= 11 is 0. The van der Waals surface area contributed by atoms with Crippen LogP contribution < -0.4 is 10.0 Å². The number of hydrogen-bond donors (Lipinski definition) is 2. The number of sulfonamides is 1. The lowest BCUT2D eigenvalue weighted by molar-refractivity contribution is 0.0938. The fourth-order valence-electron chi connectivity index (χ4n) is 3.19. The number of amides is 1. The number of nitrogens with zero attached hydrogens (tertiary/aromatic N) is 3. The average Bonchev–Trinajstić information content (AvgIpc) is 3.20. The summed E-state index contributed by atoms with van der Waals surface area (Å²) in [6.07, 6.45) is 1.82. The van der Waals surface area contributed by atoms with Crippen molar-refractivity contribution in [3.05, 3.63) is 89.6 Å². The van der Waals surface area contributed by atoms with E-state index in [9.17, 15) is 17.6 Å². The first kappa shape index (κ1) is 21.4. The van der Waals surface area contributed by atoms with Crippen LogP contribution in [0.25, 0.3) is 5.65 Å². The second kappa shape index (κ2) is 8.39. The molecule has 1 atom stereocenters. The van der Waals surface area contributed by atoms with Crippen molar-refractivity contribution in [1.29, 1.82) is 0 Å². The van der Waals surface area contributed by atoms with Crippen molar-refractivity contribution in [3.63, 3.8) is 0 Å². The second-order valence-corrected chi connectivity index (χ2v) is 8.96. The van der Waals surface area contributed by atoms with Gasteiger partial charge in [0.15, 0.2) is 11.5 Å². The minimum atomic E-state index is -3.89. The zero-order chi connectivity index (χ0) is 22.9. The van der Waals surface area contributed by atoms with Gasteiger partial charge < -0.3 is 5.32 Å². The smallest absolute Gasteiger partial charge is 0.261 e. The van der Waals surface area contributed by atoms with Gasteiger partial charge in [-0.3, -0.25) is 13.9 Å². The van der Waals surface area contributed by atoms with Crippen LogP contribution >= 0.6 is 0 Å². The average molecular weight is 453 g/mol. The zero-order valence-electron chi connectivity index (χ0n) is 17.3. The maximum Gasteiger partial charge on any atom is 0.261 e. The third-order valence-corrected chi connectivity index (χ3v) is 6.29. The molecule has 0 radical (unpaired) electrons. The van der Waals surface area contributed by atoms with Crippen molar-refractivity contribution in [2.75, 3.05) is 4.72 Å². The monoisotopic (exact) mass is 453 g/mol. The summed E-state index contributed by atoms with van der Waals surface area (Å²) in [5, 5.41) is 11.1. The van der Waals surface area contributed by atoms with Gasteiger partial charge in [-0.1, -0.05) is 6.07 Å². The van der Waals surface area contributed by atoms with Gasteiger partial charge in [0.2, 0.25) is 0 Å². The minimum Gasteiger partial charge on any atom is -0.342 e. The number of halogens is 1. The molecule has 0 bridgehead atoms. The van der Waals surface area contributed by atoms with Crippen LogP contribution in [0.1, 0.15) is 34.7 Å². The minimum absolute atomic E-state index is 0.0485. The van der Waals surface area contributed by atoms with Gasteiger partial charge in [0, 0.05) is 17.4 Å². The maximum absolute atomic E-state index is 13.4. The molecule has 0 aliphatic rings. The molecule has 164 valence electrons. The van der Waals surface area contributed by atoms with Crippen molar-refractivity contribution in [1.82, 2.24) is 19.9 Å². The fraction of sp³-hybridized carbons (Fsp3) is 0.136. The maximum atomic E-state index is 13.4. The van der Waals surface area contributed by atoms with Gasteiger partial charge in [-0.2, -0.15) is 0 Å². The summed E-state index contributed by atoms with van der Waals surface area (Å²) < 4.78 is 42.7. The van der Waals surface area contributed by atoms with E-state index in [-0.39, 0.29) is 22.1 Å². The van der Waals surface area contributed by atoms with E-state index >= 15 is 0 Å². The number of nitrogens with one attached hydrogen (secondary N) is 2. The van der Waals surface area contributed by atoms with E-state index in [4.69, 9.17) is 0 Å². The number of benzene rings is 2. The molecule has 4 aromatic rings. The number of carbonyl (C=O) groups excluding carboxylic acids is 1. The third-order valence-electron chi connectivity index (χ3n) is 4.91. The first-order chi connectivity index (χ1) is 15.2. The Kier molecular flexibility index (Phi) is 5.62. The molecule has 1 unspecified atom stereocenters. The Hall–Kier alpha value is -3.79. The summed E-state index contributed by atoms with van der Waals surface area (Å²) in [6, 6.07) is 14.7. The van der Waals surface area contributed by atoms with E-state index in [2.05, 4.69) is 20.2 Å². The van der Waals surface area contributed by atoms with Gasteiger partial charge in [-0.15, -0.1) is 10.2 Å². The quantitative estimate of drug-likeness (QED) is 0.465. The summed E-state index contributed by atoms with van der Waals surface area (Å²) in [4.78, 5) is 12.6. The highest BCUT2D eigenvalue weighted by Gasteiger charge is 2.18. The standard InChI is InChI=1S/C22H20FN5O3S/c1-14-13-18(10-11-19(14)23)32(30,31)27-17-8-6-16(7-9-17)22(29)24-15(2)21-26-25-20-5-3-4-12-28(20)21/h3-13,15,27H,1-2H3,(H,24,29). The van der Waals surface area contributed by atoms with Crippen LogP contribution in [0, 0.1) is 12.7 Å². The fourth-order valence-corrected chi connectivity index (χ4v) is 4.33. The summed E-state index contributed by atoms with van der Waals surface area (Å²) in [5.74, 6) is -0.227. The first-order valence-corrected chi connectivity index (χ1v) is 11.2. The van der Waals surface area contributed by atoms with Gasteiger partial charge >= 0.3 is 0 Å². The highest BCUT2D eigenvalue weighted by atomic mass is 32.2. The SMILES string of the molecule is Cc1cc(S(=O)(=O)Nc2ccc(C(=O)NC(C)c3nnc4ccccn34)cc2)ccc1F. The highest BCUT2D eigenvalue weighted by molar-refractivity contribution is 7.92. The molecule has 0 spiro atoms. The van der Waals surface area contributed by atoms with E-state index in [1.807, 2.05) is 24.4 Å². The summed E-state index contributed by atoms with van der Waals surface area (Å²) in [6.45, 7) is 3.29. The van der Waals surface area contributed by atoms with Gasteiger partial charge in [0.1, 0.15) is 5.82 Å². The van der Waals surface area contributed by atoms with E-state index in [1.165, 1.54) is 43.3 Å². The lowest BCUT2D eigenvalue weighted by Crippen LogP contribution is -2.28. The van der Waals surface area contributed by atoms with Gasteiger partial charge in [-0.05, 0) is 74.0 Å². The number of aromatic nitrogens is 3. The molecular weight excluding hydrogens is 433 g/mol. The zero-order valence-corrected chi connectivity index (χ0v) is 18.1. The van der Waals surface area contributed by atoms with Crippen LogP contribution in [-0.4, -0.2) is 28.9 Å². The number of aryl methyl sites for hydroxylation is 1. The topological polar surface area (TPSA) is 105 Å². The van der Waals surface area contributed by atoms with Crippen molar-refractivity contribution in [2.24, 2.45) is 0 Å². The van der Waals surface area contributed by atoms with Crippen LogP contribution in [0.2, 0.25) is 0 Å². The van der Waals surface area contributed by atoms with E-state index in [0.717, 1.165) is 6.07 Å². The van der Waals surface area contributed by atoms with Crippen LogP contribution in [0.4, 0.5) is 10.1 Å². The molecule has 0 aliphatic heterocycles. The predicted octanol–water partition coefficient (Wildman–Crippen LogP) is 3.47. The lowest BCUT2D eigenvalue weighted by atomic mass is 10.2. The van der Waals surface area contributed by atoms with Crippen LogP contribution in [0.15, 0.2) is 71.8 Å². The largest absolute Gasteiger partial charge is 0.342 e. The molecule has 10 heteroatoms. The molecule has 2 aromatic carbocycles. The number of carbonyl (C=O) groups is 1. The normalized spacial score (nSPS) is 12.5. The third kappa shape index (κ3) is 4.30. The number of fused-ring (bicyclic) bond motifs is 1. The number of anilines is 1. The Morgan fingerprint density at radius 2 is 1.81 bits per heavy atom. The van der Waals surface area contributed by atoms with Crippen LogP contribution in [0.5, 0.6) is 0 Å². The Morgan fingerprint density at radius 3 is 2.53 bits per heavy atom. The van der Waals surface area contributed by atoms with Crippen molar-refractivity contribution in [3.8, 4) is 0 Å². The van der Waals surface area contributed by atoms with Crippen molar-refractivity contribution >= 4 is 27.3 Å². The van der Waals surface area contributed by atoms with E-state index < -0.39 is 21.9 Å². The van der Waals surface area contributed by atoms with Gasteiger partial charge in [0.05, 0.1) is 10.9 Å². The van der Waals surface area contributed by atoms with Crippen molar-refractivity contribution < 1.29 is 17.6 Å². The summed E-state index contributed by atoms with van der Waals surface area (Å²) in [5.41, 5.74) is 1.54.